The van der Waals surface area contributed by atoms with Crippen molar-refractivity contribution in [1.82, 2.24) is 4.90 Å². The molecule has 3 aromatic rings. The van der Waals surface area contributed by atoms with Gasteiger partial charge >= 0.3 is 5.97 Å². The molecule has 0 radical (unpaired) electrons. The third-order valence-electron chi connectivity index (χ3n) is 6.81. The number of benzene rings is 3. The van der Waals surface area contributed by atoms with Crippen molar-refractivity contribution in [2.45, 2.75) is 45.7 Å². The summed E-state index contributed by atoms with van der Waals surface area (Å²) in [5.74, 6) is -1.79. The van der Waals surface area contributed by atoms with Crippen LogP contribution in [0.1, 0.15) is 66.3 Å². The number of carbonyl (C=O) groups is 3. The quantitative estimate of drug-likeness (QED) is 0.175. The number of amides is 1. The van der Waals surface area contributed by atoms with Gasteiger partial charge in [-0.1, -0.05) is 45.0 Å². The Kier molecular flexibility index (Phi) is 8.00. The maximum absolute atomic E-state index is 13.5. The van der Waals surface area contributed by atoms with Gasteiger partial charge in [-0.3, -0.25) is 9.59 Å². The average molecular weight is 544 g/mol. The number of Topliss-reactive ketones (excluding diaryl/α,β-unsaturated/α-hetero) is 1. The van der Waals surface area contributed by atoms with Gasteiger partial charge in [0, 0.05) is 17.7 Å². The molecule has 1 aliphatic heterocycles. The summed E-state index contributed by atoms with van der Waals surface area (Å²) in [7, 11) is 1.29. The topological polar surface area (TPSA) is 113 Å². The normalized spacial score (nSPS) is 16.7. The molecule has 1 amide bonds. The minimum atomic E-state index is -0.961. The second-order valence-corrected chi connectivity index (χ2v) is 10.6. The Morgan fingerprint density at radius 1 is 0.975 bits per heavy atom. The number of ether oxygens (including phenoxy) is 2. The van der Waals surface area contributed by atoms with Gasteiger partial charge in [0.05, 0.1) is 30.9 Å². The second kappa shape index (κ2) is 11.3. The Labute approximate surface area is 233 Å². The third-order valence-corrected chi connectivity index (χ3v) is 6.81. The number of phenols is 1. The molecule has 1 atom stereocenters. The number of aromatic hydroxyl groups is 1. The molecule has 1 saturated heterocycles. The molecule has 1 aliphatic rings. The van der Waals surface area contributed by atoms with Crippen LogP contribution in [0.5, 0.6) is 11.5 Å². The zero-order chi connectivity index (χ0) is 29.2. The monoisotopic (exact) mass is 543 g/mol. The molecule has 1 fully saturated rings. The summed E-state index contributed by atoms with van der Waals surface area (Å²) >= 11 is 0. The van der Waals surface area contributed by atoms with Gasteiger partial charge in [-0.15, -0.1) is 0 Å². The lowest BCUT2D eigenvalue weighted by Crippen LogP contribution is -2.29. The molecule has 4 rings (SSSR count). The molecule has 0 saturated carbocycles. The van der Waals surface area contributed by atoms with Crippen LogP contribution in [0.15, 0.2) is 72.3 Å². The highest BCUT2D eigenvalue weighted by Gasteiger charge is 2.46. The SMILES string of the molecule is CCOc1ccc(/C(O)=C2/C(=O)C(=O)N(Cc3ccc(C(=O)OC)cc3)C2c2cccc(O)c2)cc1C(C)(C)C. The molecule has 40 heavy (non-hydrogen) atoms. The van der Waals surface area contributed by atoms with E-state index in [0.717, 1.165) is 5.56 Å². The molecular formula is C32H33NO7. The lowest BCUT2D eigenvalue weighted by atomic mass is 9.84. The third kappa shape index (κ3) is 5.57. The van der Waals surface area contributed by atoms with E-state index in [0.29, 0.717) is 34.6 Å². The predicted octanol–water partition coefficient (Wildman–Crippen LogP) is 5.50. The van der Waals surface area contributed by atoms with E-state index in [1.54, 1.807) is 54.6 Å². The van der Waals surface area contributed by atoms with Gasteiger partial charge in [-0.2, -0.15) is 0 Å². The maximum Gasteiger partial charge on any atom is 0.337 e. The first-order valence-electron chi connectivity index (χ1n) is 13.0. The zero-order valence-corrected chi connectivity index (χ0v) is 23.2. The lowest BCUT2D eigenvalue weighted by Gasteiger charge is -2.26. The molecule has 208 valence electrons. The minimum Gasteiger partial charge on any atom is -0.508 e. The molecule has 2 N–H and O–H groups in total. The number of ketones is 1. The number of phenolic OH excluding ortho intramolecular Hbond substituents is 1. The fourth-order valence-electron chi connectivity index (χ4n) is 4.85. The van der Waals surface area contributed by atoms with E-state index < -0.39 is 23.7 Å². The summed E-state index contributed by atoms with van der Waals surface area (Å²) in [4.78, 5) is 40.0. The van der Waals surface area contributed by atoms with Crippen molar-refractivity contribution < 1.29 is 34.1 Å². The van der Waals surface area contributed by atoms with Gasteiger partial charge in [0.25, 0.3) is 11.7 Å². The van der Waals surface area contributed by atoms with Crippen LogP contribution in [0.4, 0.5) is 0 Å². The number of rotatable bonds is 7. The van der Waals surface area contributed by atoms with Gasteiger partial charge in [0.1, 0.15) is 17.3 Å². The fraction of sp³-hybridized carbons (Fsp3) is 0.281. The van der Waals surface area contributed by atoms with E-state index in [-0.39, 0.29) is 29.0 Å². The molecule has 0 aliphatic carbocycles. The average Bonchev–Trinajstić information content (AvgIpc) is 3.17. The molecular weight excluding hydrogens is 510 g/mol. The summed E-state index contributed by atoms with van der Waals surface area (Å²) in [5.41, 5.74) is 2.29. The van der Waals surface area contributed by atoms with Crippen molar-refractivity contribution in [2.24, 2.45) is 0 Å². The summed E-state index contributed by atoms with van der Waals surface area (Å²) in [6, 6.07) is 17.0. The summed E-state index contributed by atoms with van der Waals surface area (Å²) in [6.45, 7) is 8.45. The van der Waals surface area contributed by atoms with Gasteiger partial charge < -0.3 is 24.6 Å². The number of aliphatic hydroxyl groups is 1. The first kappa shape index (κ1) is 28.4. The predicted molar refractivity (Wildman–Crippen MR) is 150 cm³/mol. The van der Waals surface area contributed by atoms with Crippen LogP contribution < -0.4 is 4.74 Å². The highest BCUT2D eigenvalue weighted by Crippen LogP contribution is 2.42. The maximum atomic E-state index is 13.5. The number of nitrogens with zero attached hydrogens (tertiary/aromatic N) is 1. The van der Waals surface area contributed by atoms with Crippen molar-refractivity contribution >= 4 is 23.4 Å². The number of hydrogen-bond acceptors (Lipinski definition) is 7. The van der Waals surface area contributed by atoms with Gasteiger partial charge in [0.15, 0.2) is 0 Å². The molecule has 0 bridgehead atoms. The number of methoxy groups -OCH3 is 1. The number of likely N-dealkylation sites (tertiary alicyclic amines) is 1. The first-order chi connectivity index (χ1) is 19.0. The van der Waals surface area contributed by atoms with Crippen molar-refractivity contribution in [3.8, 4) is 11.5 Å². The number of hydrogen-bond donors (Lipinski definition) is 2. The molecule has 0 aromatic heterocycles. The smallest absolute Gasteiger partial charge is 0.337 e. The van der Waals surface area contributed by atoms with Crippen molar-refractivity contribution in [2.75, 3.05) is 13.7 Å². The zero-order valence-electron chi connectivity index (χ0n) is 23.2. The van der Waals surface area contributed by atoms with E-state index >= 15 is 0 Å². The van der Waals surface area contributed by atoms with Crippen LogP contribution in [0.25, 0.3) is 5.76 Å². The highest BCUT2D eigenvalue weighted by atomic mass is 16.5. The van der Waals surface area contributed by atoms with Crippen molar-refractivity contribution in [1.29, 1.82) is 0 Å². The summed E-state index contributed by atoms with van der Waals surface area (Å²) in [6.07, 6.45) is 0. The number of carbonyl (C=O) groups excluding carboxylic acids is 3. The van der Waals surface area contributed by atoms with Crippen molar-refractivity contribution in [3.05, 3.63) is 100 Å². The van der Waals surface area contributed by atoms with E-state index in [2.05, 4.69) is 0 Å². The lowest BCUT2D eigenvalue weighted by molar-refractivity contribution is -0.140. The Morgan fingerprint density at radius 2 is 1.65 bits per heavy atom. The summed E-state index contributed by atoms with van der Waals surface area (Å²) < 4.78 is 10.5. The second-order valence-electron chi connectivity index (χ2n) is 10.6. The molecule has 8 heteroatoms. The highest BCUT2D eigenvalue weighted by molar-refractivity contribution is 6.46. The minimum absolute atomic E-state index is 0.0274. The van der Waals surface area contributed by atoms with Crippen LogP contribution in [-0.2, 0) is 26.3 Å². The van der Waals surface area contributed by atoms with Crippen LogP contribution in [0, 0.1) is 0 Å². The Bertz CT molecular complexity index is 1480. The molecule has 1 unspecified atom stereocenters. The first-order valence-corrected chi connectivity index (χ1v) is 13.0. The van der Waals surface area contributed by atoms with E-state index in [1.807, 2.05) is 27.7 Å². The Balaban J connectivity index is 1.84. The molecule has 0 spiro atoms. The molecule has 3 aromatic carbocycles. The molecule has 1 heterocycles. The van der Waals surface area contributed by atoms with Crippen molar-refractivity contribution in [3.63, 3.8) is 0 Å². The van der Waals surface area contributed by atoms with Gasteiger partial charge in [0.2, 0.25) is 0 Å². The standard InChI is InChI=1S/C32H33NO7/c1-6-40-25-15-14-22(17-24(25)32(2,3)4)28(35)26-27(21-8-7-9-23(34)16-21)33(30(37)29(26)36)18-19-10-12-20(13-11-19)31(38)39-5/h7-17,27,34-35H,6,18H2,1-5H3/b28-26-. The van der Waals surface area contributed by atoms with Crippen LogP contribution >= 0.6 is 0 Å². The largest absolute Gasteiger partial charge is 0.508 e. The van der Waals surface area contributed by atoms with E-state index in [1.165, 1.54) is 24.1 Å². The van der Waals surface area contributed by atoms with E-state index in [4.69, 9.17) is 9.47 Å². The van der Waals surface area contributed by atoms with Crippen LogP contribution in [0.3, 0.4) is 0 Å². The Hall–Kier alpha value is -4.59. The van der Waals surface area contributed by atoms with Crippen LogP contribution in [0.2, 0.25) is 0 Å². The van der Waals surface area contributed by atoms with Gasteiger partial charge in [-0.05, 0) is 65.9 Å². The number of esters is 1. The Morgan fingerprint density at radius 3 is 2.25 bits per heavy atom. The van der Waals surface area contributed by atoms with Crippen LogP contribution in [-0.4, -0.2) is 46.5 Å². The summed E-state index contributed by atoms with van der Waals surface area (Å²) in [5, 5.41) is 21.8. The number of aliphatic hydroxyl groups excluding tert-OH is 1. The van der Waals surface area contributed by atoms with E-state index in [9.17, 15) is 24.6 Å². The van der Waals surface area contributed by atoms with Gasteiger partial charge in [-0.25, -0.2) is 4.79 Å². The fourth-order valence-corrected chi connectivity index (χ4v) is 4.85. The molecule has 8 nitrogen and oxygen atoms in total.